The third kappa shape index (κ3) is 6.61. The summed E-state index contributed by atoms with van der Waals surface area (Å²) in [6, 6.07) is 3.71. The van der Waals surface area contributed by atoms with Crippen LogP contribution in [0.5, 0.6) is 0 Å². The van der Waals surface area contributed by atoms with Crippen molar-refractivity contribution < 1.29 is 27.1 Å². The molecule has 0 atom stereocenters. The van der Waals surface area contributed by atoms with Crippen LogP contribution in [0.2, 0.25) is 0 Å². The molecule has 0 spiro atoms. The van der Waals surface area contributed by atoms with Crippen molar-refractivity contribution in [3.05, 3.63) is 29.6 Å². The second-order valence-electron chi connectivity index (χ2n) is 3.78. The number of ether oxygens (including phenoxy) is 1. The number of amides is 1. The second kappa shape index (κ2) is 6.37. The quantitative estimate of drug-likeness (QED) is 0.636. The molecule has 0 aliphatic rings. The summed E-state index contributed by atoms with van der Waals surface area (Å²) in [7, 11) is 0. The summed E-state index contributed by atoms with van der Waals surface area (Å²) in [4.78, 5) is 11.1. The number of nitrogens with two attached hydrogens (primary N) is 1. The molecule has 1 aromatic carbocycles. The minimum Gasteiger partial charge on any atom is -0.399 e. The number of hydrogen-bond acceptors (Lipinski definition) is 3. The molecule has 1 aromatic rings. The van der Waals surface area contributed by atoms with Gasteiger partial charge < -0.3 is 15.8 Å². The highest BCUT2D eigenvalue weighted by molar-refractivity contribution is 5.77. The zero-order valence-electron chi connectivity index (χ0n) is 9.76. The first kappa shape index (κ1) is 15.2. The van der Waals surface area contributed by atoms with Gasteiger partial charge in [0.1, 0.15) is 19.0 Å². The smallest absolute Gasteiger partial charge is 0.399 e. The highest BCUT2D eigenvalue weighted by Crippen LogP contribution is 2.14. The molecule has 0 fully saturated rings. The Morgan fingerprint density at radius 3 is 2.58 bits per heavy atom. The van der Waals surface area contributed by atoms with E-state index in [0.29, 0.717) is 5.56 Å². The lowest BCUT2D eigenvalue weighted by atomic mass is 10.2. The standard InChI is InChI=1S/C11H12F4N2O2/c12-8-1-7(2-9(16)3-8)4-17-10(18)5-19-6-11(13,14)15/h1-3H,4-6,16H2,(H,17,18). The number of halogens is 4. The van der Waals surface area contributed by atoms with Crippen molar-refractivity contribution in [2.45, 2.75) is 12.7 Å². The van der Waals surface area contributed by atoms with Crippen LogP contribution in [-0.2, 0) is 16.1 Å². The van der Waals surface area contributed by atoms with E-state index < -0.39 is 31.1 Å². The average molecular weight is 280 g/mol. The number of anilines is 1. The summed E-state index contributed by atoms with van der Waals surface area (Å²) in [6.07, 6.45) is -4.47. The molecule has 106 valence electrons. The van der Waals surface area contributed by atoms with Crippen LogP contribution < -0.4 is 11.1 Å². The van der Waals surface area contributed by atoms with Crippen LogP contribution in [0.15, 0.2) is 18.2 Å². The molecular formula is C11H12F4N2O2. The molecule has 0 aromatic heterocycles. The van der Waals surface area contributed by atoms with E-state index in [2.05, 4.69) is 10.1 Å². The highest BCUT2D eigenvalue weighted by Gasteiger charge is 2.27. The number of rotatable bonds is 5. The van der Waals surface area contributed by atoms with Gasteiger partial charge >= 0.3 is 6.18 Å². The lowest BCUT2D eigenvalue weighted by molar-refractivity contribution is -0.175. The predicted molar refractivity (Wildman–Crippen MR) is 59.5 cm³/mol. The van der Waals surface area contributed by atoms with Crippen LogP contribution in [0.25, 0.3) is 0 Å². The normalized spacial score (nSPS) is 11.4. The van der Waals surface area contributed by atoms with E-state index in [1.807, 2.05) is 0 Å². The predicted octanol–water partition coefficient (Wildman–Crippen LogP) is 1.60. The zero-order chi connectivity index (χ0) is 14.5. The van der Waals surface area contributed by atoms with E-state index in [4.69, 9.17) is 5.73 Å². The largest absolute Gasteiger partial charge is 0.411 e. The molecule has 0 aliphatic heterocycles. The van der Waals surface area contributed by atoms with E-state index in [1.165, 1.54) is 6.07 Å². The molecule has 1 rings (SSSR count). The number of nitrogen functional groups attached to an aromatic ring is 1. The number of carbonyl (C=O) groups excluding carboxylic acids is 1. The van der Waals surface area contributed by atoms with Crippen molar-refractivity contribution in [3.8, 4) is 0 Å². The molecule has 19 heavy (non-hydrogen) atoms. The van der Waals surface area contributed by atoms with Gasteiger partial charge in [0.05, 0.1) is 0 Å². The summed E-state index contributed by atoms with van der Waals surface area (Å²) in [5, 5.41) is 2.29. The molecule has 3 N–H and O–H groups in total. The van der Waals surface area contributed by atoms with Gasteiger partial charge in [0, 0.05) is 12.2 Å². The van der Waals surface area contributed by atoms with E-state index in [9.17, 15) is 22.4 Å². The van der Waals surface area contributed by atoms with E-state index in [0.717, 1.165) is 12.1 Å². The van der Waals surface area contributed by atoms with Crippen molar-refractivity contribution in [2.24, 2.45) is 0 Å². The Balaban J connectivity index is 2.34. The fourth-order valence-electron chi connectivity index (χ4n) is 1.29. The van der Waals surface area contributed by atoms with Crippen LogP contribution in [-0.4, -0.2) is 25.3 Å². The molecule has 0 saturated heterocycles. The van der Waals surface area contributed by atoms with Crippen LogP contribution in [0, 0.1) is 5.82 Å². The summed E-state index contributed by atoms with van der Waals surface area (Å²) < 4.78 is 52.3. The average Bonchev–Trinajstić information content (AvgIpc) is 2.23. The Bertz CT molecular complexity index is 429. The van der Waals surface area contributed by atoms with Gasteiger partial charge in [0.2, 0.25) is 5.91 Å². The molecule has 0 unspecified atom stereocenters. The molecule has 8 heteroatoms. The first-order valence-electron chi connectivity index (χ1n) is 5.22. The van der Waals surface area contributed by atoms with Gasteiger partial charge in [-0.3, -0.25) is 4.79 Å². The Hall–Kier alpha value is -1.83. The van der Waals surface area contributed by atoms with Gasteiger partial charge in [-0.1, -0.05) is 0 Å². The minimum absolute atomic E-state index is 0.0455. The van der Waals surface area contributed by atoms with Crippen molar-refractivity contribution in [1.82, 2.24) is 5.32 Å². The van der Waals surface area contributed by atoms with Crippen molar-refractivity contribution >= 4 is 11.6 Å². The number of alkyl halides is 3. The van der Waals surface area contributed by atoms with Gasteiger partial charge in [0.15, 0.2) is 0 Å². The molecule has 1 amide bonds. The van der Waals surface area contributed by atoms with Crippen molar-refractivity contribution in [3.63, 3.8) is 0 Å². The maximum Gasteiger partial charge on any atom is 0.411 e. The molecule has 0 aliphatic carbocycles. The van der Waals surface area contributed by atoms with Gasteiger partial charge in [-0.25, -0.2) is 4.39 Å². The van der Waals surface area contributed by atoms with Crippen LogP contribution in [0.1, 0.15) is 5.56 Å². The summed E-state index contributed by atoms with van der Waals surface area (Å²) in [5.41, 5.74) is 5.99. The lowest BCUT2D eigenvalue weighted by Gasteiger charge is -2.08. The van der Waals surface area contributed by atoms with Crippen LogP contribution >= 0.6 is 0 Å². The lowest BCUT2D eigenvalue weighted by Crippen LogP contribution is -2.29. The molecule has 0 radical (unpaired) electrons. The van der Waals surface area contributed by atoms with Gasteiger partial charge in [-0.2, -0.15) is 13.2 Å². The van der Waals surface area contributed by atoms with Crippen LogP contribution in [0.3, 0.4) is 0 Å². The van der Waals surface area contributed by atoms with Gasteiger partial charge in [0.25, 0.3) is 0 Å². The number of carbonyl (C=O) groups is 1. The topological polar surface area (TPSA) is 64.3 Å². The fraction of sp³-hybridized carbons (Fsp3) is 0.364. The Labute approximate surface area is 106 Å². The molecule has 0 saturated carbocycles. The second-order valence-corrected chi connectivity index (χ2v) is 3.78. The van der Waals surface area contributed by atoms with E-state index >= 15 is 0 Å². The van der Waals surface area contributed by atoms with Crippen molar-refractivity contribution in [2.75, 3.05) is 18.9 Å². The van der Waals surface area contributed by atoms with Crippen molar-refractivity contribution in [1.29, 1.82) is 0 Å². The summed E-state index contributed by atoms with van der Waals surface area (Å²) in [5.74, 6) is -1.29. The van der Waals surface area contributed by atoms with Gasteiger partial charge in [-0.05, 0) is 23.8 Å². The molecule has 4 nitrogen and oxygen atoms in total. The number of nitrogens with one attached hydrogen (secondary N) is 1. The Morgan fingerprint density at radius 2 is 2.00 bits per heavy atom. The third-order valence-electron chi connectivity index (χ3n) is 1.97. The Kier molecular flexibility index (Phi) is 5.11. The Morgan fingerprint density at radius 1 is 1.32 bits per heavy atom. The van der Waals surface area contributed by atoms with E-state index in [-0.39, 0.29) is 12.2 Å². The third-order valence-corrected chi connectivity index (χ3v) is 1.97. The maximum atomic E-state index is 12.9. The fourth-order valence-corrected chi connectivity index (χ4v) is 1.29. The first-order chi connectivity index (χ1) is 8.76. The monoisotopic (exact) mass is 280 g/mol. The number of hydrogen-bond donors (Lipinski definition) is 2. The molecule has 0 heterocycles. The highest BCUT2D eigenvalue weighted by atomic mass is 19.4. The van der Waals surface area contributed by atoms with Gasteiger partial charge in [-0.15, -0.1) is 0 Å². The number of benzene rings is 1. The molecule has 0 bridgehead atoms. The maximum absolute atomic E-state index is 12.9. The molecular weight excluding hydrogens is 268 g/mol. The SMILES string of the molecule is Nc1cc(F)cc(CNC(=O)COCC(F)(F)F)c1. The summed E-state index contributed by atoms with van der Waals surface area (Å²) in [6.45, 7) is -2.26. The summed E-state index contributed by atoms with van der Waals surface area (Å²) >= 11 is 0. The van der Waals surface area contributed by atoms with E-state index in [1.54, 1.807) is 0 Å². The zero-order valence-corrected chi connectivity index (χ0v) is 9.76. The first-order valence-corrected chi connectivity index (χ1v) is 5.22. The minimum atomic E-state index is -4.47. The van der Waals surface area contributed by atoms with Crippen LogP contribution in [0.4, 0.5) is 23.2 Å².